The first-order valence-electron chi connectivity index (χ1n) is 2.29. The molecule has 0 aromatic heterocycles. The van der Waals surface area contributed by atoms with Crippen LogP contribution in [0.4, 0.5) is 0 Å². The van der Waals surface area contributed by atoms with Gasteiger partial charge in [0.25, 0.3) is 0 Å². The van der Waals surface area contributed by atoms with Crippen molar-refractivity contribution in [1.82, 2.24) is 0 Å². The molecule has 1 saturated heterocycles. The number of halogens is 1. The molecule has 1 fully saturated rings. The molecule has 0 spiro atoms. The predicted molar refractivity (Wildman–Crippen MR) is 33.9 cm³/mol. The SMILES string of the molecule is Cl/C=C1/CC[Se]C1. The van der Waals surface area contributed by atoms with Crippen LogP contribution in [0, 0.1) is 0 Å². The van der Waals surface area contributed by atoms with Crippen LogP contribution in [-0.4, -0.2) is 15.0 Å². The molecule has 7 heavy (non-hydrogen) atoms. The number of hydrogen-bond donors (Lipinski definition) is 0. The molecule has 0 unspecified atom stereocenters. The van der Waals surface area contributed by atoms with Gasteiger partial charge in [-0.1, -0.05) is 0 Å². The Bertz CT molecular complexity index is 80.1. The van der Waals surface area contributed by atoms with Gasteiger partial charge in [-0.3, -0.25) is 0 Å². The number of allylic oxidation sites excluding steroid dienone is 1. The Labute approximate surface area is 55.1 Å². The van der Waals surface area contributed by atoms with Crippen LogP contribution >= 0.6 is 11.6 Å². The van der Waals surface area contributed by atoms with Gasteiger partial charge < -0.3 is 0 Å². The van der Waals surface area contributed by atoms with Gasteiger partial charge in [0, 0.05) is 0 Å². The van der Waals surface area contributed by atoms with Crippen LogP contribution in [0.2, 0.25) is 10.6 Å². The number of rotatable bonds is 0. The summed E-state index contributed by atoms with van der Waals surface area (Å²) in [6.07, 6.45) is 1.27. The van der Waals surface area contributed by atoms with Gasteiger partial charge in [0.05, 0.1) is 0 Å². The van der Waals surface area contributed by atoms with Gasteiger partial charge in [0.1, 0.15) is 0 Å². The van der Waals surface area contributed by atoms with Crippen molar-refractivity contribution in [3.8, 4) is 0 Å². The molecule has 0 aromatic rings. The molecular weight excluding hydrogens is 174 g/mol. The second-order valence-electron chi connectivity index (χ2n) is 1.57. The van der Waals surface area contributed by atoms with Crippen molar-refractivity contribution in [3.63, 3.8) is 0 Å². The molecule has 0 N–H and O–H groups in total. The van der Waals surface area contributed by atoms with Gasteiger partial charge in [-0.25, -0.2) is 0 Å². The Kier molecular flexibility index (Phi) is 2.24. The zero-order valence-electron chi connectivity index (χ0n) is 3.98. The van der Waals surface area contributed by atoms with E-state index in [1.165, 1.54) is 22.6 Å². The quantitative estimate of drug-likeness (QED) is 0.502. The first-order valence-corrected chi connectivity index (χ1v) is 5.15. The van der Waals surface area contributed by atoms with Crippen molar-refractivity contribution >= 4 is 26.6 Å². The first-order chi connectivity index (χ1) is 3.43. The Balaban J connectivity index is 2.41. The van der Waals surface area contributed by atoms with Crippen LogP contribution in [0.15, 0.2) is 11.1 Å². The summed E-state index contributed by atoms with van der Waals surface area (Å²) in [4.78, 5) is 0. The molecular formula is C5H7ClSe. The van der Waals surface area contributed by atoms with Gasteiger partial charge in [-0.05, 0) is 0 Å². The van der Waals surface area contributed by atoms with E-state index < -0.39 is 0 Å². The summed E-state index contributed by atoms with van der Waals surface area (Å²) >= 11 is 6.35. The standard InChI is InChI=1S/C5H7ClSe/c6-3-5-1-2-7-4-5/h3H,1-2,4H2/b5-3-. The van der Waals surface area contributed by atoms with Gasteiger partial charge in [0.15, 0.2) is 0 Å². The predicted octanol–water partition coefficient (Wildman–Crippen LogP) is 2.05. The molecule has 2 heteroatoms. The van der Waals surface area contributed by atoms with E-state index in [9.17, 15) is 0 Å². The number of hydrogen-bond acceptors (Lipinski definition) is 0. The fourth-order valence-corrected chi connectivity index (χ4v) is 3.14. The second-order valence-corrected chi connectivity index (χ2v) is 4.11. The van der Waals surface area contributed by atoms with Crippen LogP contribution in [0.25, 0.3) is 0 Å². The molecule has 1 aliphatic rings. The molecule has 0 bridgehead atoms. The van der Waals surface area contributed by atoms with E-state index in [0.29, 0.717) is 0 Å². The zero-order chi connectivity index (χ0) is 5.11. The summed E-state index contributed by atoms with van der Waals surface area (Å²) in [5.41, 5.74) is 3.20. The molecule has 1 heterocycles. The van der Waals surface area contributed by atoms with E-state index >= 15 is 0 Å². The topological polar surface area (TPSA) is 0 Å². The fraction of sp³-hybridized carbons (Fsp3) is 0.600. The Hall–Kier alpha value is 0.549. The van der Waals surface area contributed by atoms with Crippen molar-refractivity contribution in [2.75, 3.05) is 0 Å². The van der Waals surface area contributed by atoms with Gasteiger partial charge in [-0.15, -0.1) is 0 Å². The van der Waals surface area contributed by atoms with Crippen molar-refractivity contribution in [2.24, 2.45) is 0 Å². The Morgan fingerprint density at radius 3 is 2.86 bits per heavy atom. The minimum atomic E-state index is 0.890. The fourth-order valence-electron chi connectivity index (χ4n) is 0.565. The third kappa shape index (κ3) is 1.49. The Morgan fingerprint density at radius 1 is 1.71 bits per heavy atom. The third-order valence-electron chi connectivity index (χ3n) is 1.01. The van der Waals surface area contributed by atoms with Crippen LogP contribution in [0.5, 0.6) is 0 Å². The van der Waals surface area contributed by atoms with Gasteiger partial charge in [-0.2, -0.15) is 0 Å². The second kappa shape index (κ2) is 2.76. The normalized spacial score (nSPS) is 26.7. The van der Waals surface area contributed by atoms with Crippen molar-refractivity contribution in [2.45, 2.75) is 17.1 Å². The maximum atomic E-state index is 5.46. The monoisotopic (exact) mass is 182 g/mol. The van der Waals surface area contributed by atoms with Crippen molar-refractivity contribution < 1.29 is 0 Å². The average molecular weight is 182 g/mol. The molecule has 1 rings (SSSR count). The molecule has 0 radical (unpaired) electrons. The van der Waals surface area contributed by atoms with E-state index in [1.54, 1.807) is 5.54 Å². The third-order valence-corrected chi connectivity index (χ3v) is 3.56. The molecule has 1 aliphatic heterocycles. The van der Waals surface area contributed by atoms with E-state index in [4.69, 9.17) is 11.6 Å². The summed E-state index contributed by atoms with van der Waals surface area (Å²) in [6, 6.07) is 0. The molecule has 0 atom stereocenters. The summed E-state index contributed by atoms with van der Waals surface area (Å²) in [7, 11) is 0. The van der Waals surface area contributed by atoms with Crippen LogP contribution < -0.4 is 0 Å². The van der Waals surface area contributed by atoms with E-state index in [1.807, 2.05) is 0 Å². The minimum absolute atomic E-state index is 0.890. The maximum absolute atomic E-state index is 5.46. The van der Waals surface area contributed by atoms with Crippen LogP contribution in [0.1, 0.15) is 6.42 Å². The summed E-state index contributed by atoms with van der Waals surface area (Å²) in [6.45, 7) is 0. The van der Waals surface area contributed by atoms with E-state index in [-0.39, 0.29) is 0 Å². The summed E-state index contributed by atoms with van der Waals surface area (Å²) in [5.74, 6) is 0. The van der Waals surface area contributed by atoms with Crippen molar-refractivity contribution in [1.29, 1.82) is 0 Å². The zero-order valence-corrected chi connectivity index (χ0v) is 6.45. The summed E-state index contributed by atoms with van der Waals surface area (Å²) < 4.78 is 0. The van der Waals surface area contributed by atoms with Gasteiger partial charge >= 0.3 is 54.7 Å². The first kappa shape index (κ1) is 5.68. The molecule has 0 aliphatic carbocycles. The van der Waals surface area contributed by atoms with E-state index in [2.05, 4.69) is 0 Å². The Morgan fingerprint density at radius 2 is 2.57 bits per heavy atom. The molecule has 0 aromatic carbocycles. The molecule has 0 saturated carbocycles. The molecule has 40 valence electrons. The average Bonchev–Trinajstić information content (AvgIpc) is 2.14. The molecule has 0 nitrogen and oxygen atoms in total. The van der Waals surface area contributed by atoms with E-state index in [0.717, 1.165) is 15.0 Å². The van der Waals surface area contributed by atoms with Crippen molar-refractivity contribution in [3.05, 3.63) is 11.1 Å². The molecule has 0 amide bonds. The van der Waals surface area contributed by atoms with Gasteiger partial charge in [0.2, 0.25) is 0 Å². The van der Waals surface area contributed by atoms with Crippen LogP contribution in [-0.2, 0) is 0 Å². The summed E-state index contributed by atoms with van der Waals surface area (Å²) in [5, 5.41) is 2.71. The van der Waals surface area contributed by atoms with Crippen LogP contribution in [0.3, 0.4) is 0 Å².